The van der Waals surface area contributed by atoms with Gasteiger partial charge in [0.25, 0.3) is 0 Å². The second kappa shape index (κ2) is 5.53. The van der Waals surface area contributed by atoms with Crippen LogP contribution in [0.4, 0.5) is 0 Å². The number of hydrogen-bond donors (Lipinski definition) is 3. The summed E-state index contributed by atoms with van der Waals surface area (Å²) in [5.74, 6) is -1.11. The molecule has 0 spiro atoms. The van der Waals surface area contributed by atoms with Gasteiger partial charge in [0.2, 0.25) is 5.91 Å². The number of hydrogen-bond acceptors (Lipinski definition) is 3. The zero-order valence-corrected chi connectivity index (χ0v) is 7.91. The van der Waals surface area contributed by atoms with Crippen molar-refractivity contribution in [2.45, 2.75) is 38.8 Å². The molecule has 13 heavy (non-hydrogen) atoms. The van der Waals surface area contributed by atoms with Crippen molar-refractivity contribution >= 4 is 11.9 Å². The largest absolute Gasteiger partial charge is 0.481 e. The van der Waals surface area contributed by atoms with Gasteiger partial charge in [-0.05, 0) is 20.3 Å². The van der Waals surface area contributed by atoms with Crippen molar-refractivity contribution in [1.82, 2.24) is 5.32 Å². The summed E-state index contributed by atoms with van der Waals surface area (Å²) in [6.45, 7) is 3.34. The van der Waals surface area contributed by atoms with E-state index in [1.54, 1.807) is 13.8 Å². The molecule has 0 aliphatic heterocycles. The molecule has 76 valence electrons. The number of nitrogens with one attached hydrogen (secondary N) is 1. The van der Waals surface area contributed by atoms with Crippen LogP contribution in [0.2, 0.25) is 0 Å². The molecule has 5 nitrogen and oxygen atoms in total. The molecular formula is C8H16N2O3. The standard InChI is InChI=1S/C8H16N2O3/c1-5(3-4-7(11)12)10-8(13)6(2)9/h5-6H,3-4,9H2,1-2H3,(H,10,13)(H,11,12)/t5?,6-/m1/s1. The SMILES string of the molecule is CC(CCC(=O)O)NC(=O)[C@@H](C)N. The molecule has 0 aromatic heterocycles. The Morgan fingerprint density at radius 1 is 1.46 bits per heavy atom. The van der Waals surface area contributed by atoms with Gasteiger partial charge >= 0.3 is 5.97 Å². The maximum atomic E-state index is 11.0. The van der Waals surface area contributed by atoms with E-state index in [4.69, 9.17) is 10.8 Å². The first kappa shape index (κ1) is 11.9. The normalized spacial score (nSPS) is 14.7. The molecular weight excluding hydrogens is 172 g/mol. The fourth-order valence-corrected chi connectivity index (χ4v) is 0.786. The van der Waals surface area contributed by atoms with Crippen molar-refractivity contribution in [2.75, 3.05) is 0 Å². The van der Waals surface area contributed by atoms with Crippen LogP contribution in [0.1, 0.15) is 26.7 Å². The maximum Gasteiger partial charge on any atom is 0.303 e. The van der Waals surface area contributed by atoms with E-state index in [2.05, 4.69) is 5.32 Å². The van der Waals surface area contributed by atoms with Crippen LogP contribution in [0, 0.1) is 0 Å². The highest BCUT2D eigenvalue weighted by Gasteiger charge is 2.11. The number of carbonyl (C=O) groups is 2. The van der Waals surface area contributed by atoms with E-state index in [0.29, 0.717) is 6.42 Å². The average Bonchev–Trinajstić information content (AvgIpc) is 2.00. The number of carboxylic acid groups (broad SMARTS) is 1. The maximum absolute atomic E-state index is 11.0. The molecule has 0 heterocycles. The van der Waals surface area contributed by atoms with Gasteiger partial charge in [0.1, 0.15) is 0 Å². The number of amides is 1. The molecule has 0 bridgehead atoms. The Morgan fingerprint density at radius 3 is 2.38 bits per heavy atom. The van der Waals surface area contributed by atoms with E-state index < -0.39 is 12.0 Å². The number of carbonyl (C=O) groups excluding carboxylic acids is 1. The zero-order valence-electron chi connectivity index (χ0n) is 7.91. The quantitative estimate of drug-likeness (QED) is 0.552. The summed E-state index contributed by atoms with van der Waals surface area (Å²) in [6.07, 6.45) is 0.480. The Bertz CT molecular complexity index is 192. The smallest absolute Gasteiger partial charge is 0.303 e. The predicted molar refractivity (Wildman–Crippen MR) is 48.1 cm³/mol. The number of nitrogens with two attached hydrogens (primary N) is 1. The highest BCUT2D eigenvalue weighted by molar-refractivity contribution is 5.81. The third-order valence-corrected chi connectivity index (χ3v) is 1.59. The fourth-order valence-electron chi connectivity index (χ4n) is 0.786. The van der Waals surface area contributed by atoms with E-state index >= 15 is 0 Å². The minimum Gasteiger partial charge on any atom is -0.481 e. The number of carboxylic acids is 1. The summed E-state index contributed by atoms with van der Waals surface area (Å²) in [6, 6.07) is -0.693. The van der Waals surface area contributed by atoms with Crippen molar-refractivity contribution in [2.24, 2.45) is 5.73 Å². The lowest BCUT2D eigenvalue weighted by Gasteiger charge is -2.14. The number of rotatable bonds is 5. The van der Waals surface area contributed by atoms with Gasteiger partial charge in [0.05, 0.1) is 6.04 Å². The topological polar surface area (TPSA) is 92.4 Å². The van der Waals surface area contributed by atoms with Crippen molar-refractivity contribution in [3.63, 3.8) is 0 Å². The molecule has 0 saturated heterocycles. The summed E-state index contributed by atoms with van der Waals surface area (Å²) in [5, 5.41) is 11.0. The second-order valence-corrected chi connectivity index (χ2v) is 3.13. The molecule has 1 amide bonds. The number of aliphatic carboxylic acids is 1. The molecule has 0 aliphatic carbocycles. The van der Waals surface area contributed by atoms with Crippen molar-refractivity contribution < 1.29 is 14.7 Å². The van der Waals surface area contributed by atoms with E-state index in [1.807, 2.05) is 0 Å². The van der Waals surface area contributed by atoms with Gasteiger partial charge in [-0.25, -0.2) is 0 Å². The van der Waals surface area contributed by atoms with Gasteiger partial charge in [0, 0.05) is 12.5 Å². The van der Waals surface area contributed by atoms with Crippen molar-refractivity contribution in [3.8, 4) is 0 Å². The zero-order chi connectivity index (χ0) is 10.4. The monoisotopic (exact) mass is 188 g/mol. The molecule has 0 aromatic carbocycles. The summed E-state index contributed by atoms with van der Waals surface area (Å²) in [7, 11) is 0. The van der Waals surface area contributed by atoms with Gasteiger partial charge in [-0.2, -0.15) is 0 Å². The molecule has 0 aromatic rings. The van der Waals surface area contributed by atoms with Crippen LogP contribution in [0.5, 0.6) is 0 Å². The molecule has 0 radical (unpaired) electrons. The molecule has 5 heteroatoms. The molecule has 4 N–H and O–H groups in total. The van der Waals surface area contributed by atoms with Crippen LogP contribution in [-0.4, -0.2) is 29.1 Å². The van der Waals surface area contributed by atoms with Crippen molar-refractivity contribution in [3.05, 3.63) is 0 Å². The lowest BCUT2D eigenvalue weighted by Crippen LogP contribution is -2.42. The van der Waals surface area contributed by atoms with E-state index in [0.717, 1.165) is 0 Å². The Kier molecular flexibility index (Phi) is 5.06. The summed E-state index contributed by atoms with van der Waals surface area (Å²) in [5.41, 5.74) is 5.31. The van der Waals surface area contributed by atoms with Gasteiger partial charge in [0.15, 0.2) is 0 Å². The van der Waals surface area contributed by atoms with Gasteiger partial charge in [-0.1, -0.05) is 0 Å². The van der Waals surface area contributed by atoms with E-state index in [9.17, 15) is 9.59 Å². The minimum atomic E-state index is -0.859. The highest BCUT2D eigenvalue weighted by atomic mass is 16.4. The first-order valence-electron chi connectivity index (χ1n) is 4.21. The van der Waals surface area contributed by atoms with E-state index in [-0.39, 0.29) is 18.4 Å². The average molecular weight is 188 g/mol. The lowest BCUT2D eigenvalue weighted by atomic mass is 10.2. The van der Waals surface area contributed by atoms with Crippen LogP contribution in [0.3, 0.4) is 0 Å². The molecule has 2 atom stereocenters. The Balaban J connectivity index is 3.68. The highest BCUT2D eigenvalue weighted by Crippen LogP contribution is 1.96. The fraction of sp³-hybridized carbons (Fsp3) is 0.750. The van der Waals surface area contributed by atoms with Gasteiger partial charge < -0.3 is 16.2 Å². The van der Waals surface area contributed by atoms with Gasteiger partial charge in [-0.3, -0.25) is 9.59 Å². The third-order valence-electron chi connectivity index (χ3n) is 1.59. The second-order valence-electron chi connectivity index (χ2n) is 3.13. The van der Waals surface area contributed by atoms with Crippen LogP contribution in [0.15, 0.2) is 0 Å². The van der Waals surface area contributed by atoms with E-state index in [1.165, 1.54) is 0 Å². The van der Waals surface area contributed by atoms with Crippen LogP contribution in [0.25, 0.3) is 0 Å². The van der Waals surface area contributed by atoms with Crippen LogP contribution >= 0.6 is 0 Å². The Hall–Kier alpha value is -1.10. The molecule has 0 aliphatic rings. The summed E-state index contributed by atoms with van der Waals surface area (Å²) in [4.78, 5) is 21.2. The van der Waals surface area contributed by atoms with Crippen LogP contribution in [-0.2, 0) is 9.59 Å². The Morgan fingerprint density at radius 2 is 2.00 bits per heavy atom. The first-order valence-corrected chi connectivity index (χ1v) is 4.21. The lowest BCUT2D eigenvalue weighted by molar-refractivity contribution is -0.137. The minimum absolute atomic E-state index is 0.0560. The predicted octanol–water partition coefficient (Wildman–Crippen LogP) is -0.297. The van der Waals surface area contributed by atoms with Gasteiger partial charge in [-0.15, -0.1) is 0 Å². The summed E-state index contributed by atoms with van der Waals surface area (Å²) < 4.78 is 0. The summed E-state index contributed by atoms with van der Waals surface area (Å²) >= 11 is 0. The molecule has 0 rings (SSSR count). The molecule has 0 saturated carbocycles. The third kappa shape index (κ3) is 6.10. The molecule has 0 fully saturated rings. The molecule has 1 unspecified atom stereocenters. The Labute approximate surface area is 77.3 Å². The van der Waals surface area contributed by atoms with Crippen LogP contribution < -0.4 is 11.1 Å². The van der Waals surface area contributed by atoms with Crippen molar-refractivity contribution in [1.29, 1.82) is 0 Å². The first-order chi connectivity index (χ1) is 5.93.